The number of likely N-dealkylation sites (N-methyl/N-ethyl adjacent to an activating group) is 1. The lowest BCUT2D eigenvalue weighted by Gasteiger charge is -2.17. The fraction of sp³-hybridized carbons (Fsp3) is 0.875. The number of hydroxylamine groups is 2. The van der Waals surface area contributed by atoms with Crippen molar-refractivity contribution in [1.82, 2.24) is 5.06 Å². The van der Waals surface area contributed by atoms with Crippen LogP contribution in [-0.2, 0) is 14.4 Å². The Balaban J connectivity index is 2.43. The molecule has 70 valence electrons. The summed E-state index contributed by atoms with van der Waals surface area (Å²) in [6.45, 7) is 2.74. The standard InChI is InChI=1S/C8H15NO3/c1-6-4-7(12-5-6)8(10)9(2)11-3/h6-7H,4-5H2,1-3H3/t6-,7-/m0/s1. The molecule has 0 unspecified atom stereocenters. The first-order chi connectivity index (χ1) is 5.65. The van der Waals surface area contributed by atoms with Gasteiger partial charge in [0, 0.05) is 7.05 Å². The van der Waals surface area contributed by atoms with Crippen LogP contribution in [0.5, 0.6) is 0 Å². The molecule has 0 aromatic heterocycles. The molecular weight excluding hydrogens is 158 g/mol. The average Bonchev–Trinajstić information content (AvgIpc) is 2.49. The highest BCUT2D eigenvalue weighted by Crippen LogP contribution is 2.19. The summed E-state index contributed by atoms with van der Waals surface area (Å²) in [6, 6.07) is 0. The molecule has 4 nitrogen and oxygen atoms in total. The third-order valence-corrected chi connectivity index (χ3v) is 2.06. The van der Waals surface area contributed by atoms with E-state index in [1.54, 1.807) is 7.05 Å². The Hall–Kier alpha value is -0.610. The second kappa shape index (κ2) is 3.87. The SMILES string of the molecule is CON(C)C(=O)[C@@H]1C[C@H](C)CO1. The molecular formula is C8H15NO3. The van der Waals surface area contributed by atoms with Crippen LogP contribution in [0.15, 0.2) is 0 Å². The lowest BCUT2D eigenvalue weighted by Crippen LogP contribution is -2.35. The third kappa shape index (κ3) is 1.95. The molecule has 1 saturated heterocycles. The van der Waals surface area contributed by atoms with Gasteiger partial charge in [-0.2, -0.15) is 0 Å². The minimum absolute atomic E-state index is 0.0955. The topological polar surface area (TPSA) is 38.8 Å². The van der Waals surface area contributed by atoms with Crippen molar-refractivity contribution in [2.24, 2.45) is 5.92 Å². The van der Waals surface area contributed by atoms with Gasteiger partial charge in [0.15, 0.2) is 0 Å². The zero-order valence-electron chi connectivity index (χ0n) is 7.74. The number of hydrogen-bond donors (Lipinski definition) is 0. The van der Waals surface area contributed by atoms with Crippen LogP contribution in [-0.4, -0.2) is 37.8 Å². The van der Waals surface area contributed by atoms with Crippen molar-refractivity contribution in [2.75, 3.05) is 20.8 Å². The molecule has 1 aliphatic rings. The molecule has 1 rings (SSSR count). The molecule has 1 fully saturated rings. The van der Waals surface area contributed by atoms with Gasteiger partial charge in [0.05, 0.1) is 13.7 Å². The number of carbonyl (C=O) groups is 1. The van der Waals surface area contributed by atoms with E-state index in [4.69, 9.17) is 9.57 Å². The molecule has 4 heteroatoms. The Morgan fingerprint density at radius 3 is 2.75 bits per heavy atom. The van der Waals surface area contributed by atoms with Crippen molar-refractivity contribution >= 4 is 5.91 Å². The highest BCUT2D eigenvalue weighted by molar-refractivity contribution is 5.79. The van der Waals surface area contributed by atoms with Crippen LogP contribution >= 0.6 is 0 Å². The predicted molar refractivity (Wildman–Crippen MR) is 43.3 cm³/mol. The highest BCUT2D eigenvalue weighted by atomic mass is 16.7. The fourth-order valence-electron chi connectivity index (χ4n) is 1.25. The average molecular weight is 173 g/mol. The van der Waals surface area contributed by atoms with Crippen molar-refractivity contribution in [1.29, 1.82) is 0 Å². The van der Waals surface area contributed by atoms with E-state index >= 15 is 0 Å². The van der Waals surface area contributed by atoms with Gasteiger partial charge < -0.3 is 4.74 Å². The van der Waals surface area contributed by atoms with Gasteiger partial charge in [0.1, 0.15) is 6.10 Å². The fourth-order valence-corrected chi connectivity index (χ4v) is 1.25. The largest absolute Gasteiger partial charge is 0.368 e. The Morgan fingerprint density at radius 2 is 2.33 bits per heavy atom. The monoisotopic (exact) mass is 173 g/mol. The first-order valence-corrected chi connectivity index (χ1v) is 4.08. The van der Waals surface area contributed by atoms with E-state index in [9.17, 15) is 4.79 Å². The maximum Gasteiger partial charge on any atom is 0.274 e. The Morgan fingerprint density at radius 1 is 1.67 bits per heavy atom. The molecule has 0 aliphatic carbocycles. The summed E-state index contributed by atoms with van der Waals surface area (Å²) in [7, 11) is 3.06. The quantitative estimate of drug-likeness (QED) is 0.568. The zero-order valence-corrected chi connectivity index (χ0v) is 7.74. The normalized spacial score (nSPS) is 28.9. The van der Waals surface area contributed by atoms with Crippen molar-refractivity contribution in [3.05, 3.63) is 0 Å². The van der Waals surface area contributed by atoms with Crippen molar-refractivity contribution in [3.63, 3.8) is 0 Å². The molecule has 0 N–H and O–H groups in total. The smallest absolute Gasteiger partial charge is 0.274 e. The van der Waals surface area contributed by atoms with Gasteiger partial charge in [-0.1, -0.05) is 6.92 Å². The van der Waals surface area contributed by atoms with Crippen LogP contribution in [0.25, 0.3) is 0 Å². The van der Waals surface area contributed by atoms with Gasteiger partial charge in [-0.25, -0.2) is 5.06 Å². The van der Waals surface area contributed by atoms with Gasteiger partial charge in [0.2, 0.25) is 0 Å². The van der Waals surface area contributed by atoms with Crippen LogP contribution in [0.3, 0.4) is 0 Å². The molecule has 1 aliphatic heterocycles. The maximum atomic E-state index is 11.4. The number of hydrogen-bond acceptors (Lipinski definition) is 3. The molecule has 1 heterocycles. The van der Waals surface area contributed by atoms with Crippen LogP contribution in [0.1, 0.15) is 13.3 Å². The van der Waals surface area contributed by atoms with E-state index in [2.05, 4.69) is 6.92 Å². The van der Waals surface area contributed by atoms with E-state index in [0.29, 0.717) is 12.5 Å². The van der Waals surface area contributed by atoms with E-state index in [1.807, 2.05) is 0 Å². The number of rotatable bonds is 2. The maximum absolute atomic E-state index is 11.4. The Kier molecular flexibility index (Phi) is 3.05. The second-order valence-electron chi connectivity index (χ2n) is 3.18. The minimum atomic E-state index is -0.301. The summed E-state index contributed by atoms with van der Waals surface area (Å²) >= 11 is 0. The highest BCUT2D eigenvalue weighted by Gasteiger charge is 2.30. The number of nitrogens with zero attached hydrogens (tertiary/aromatic N) is 1. The van der Waals surface area contributed by atoms with Gasteiger partial charge in [-0.15, -0.1) is 0 Å². The molecule has 2 atom stereocenters. The van der Waals surface area contributed by atoms with E-state index in [-0.39, 0.29) is 12.0 Å². The molecule has 0 saturated carbocycles. The van der Waals surface area contributed by atoms with Crippen LogP contribution in [0, 0.1) is 5.92 Å². The minimum Gasteiger partial charge on any atom is -0.368 e. The summed E-state index contributed by atoms with van der Waals surface area (Å²) in [6.07, 6.45) is 0.497. The summed E-state index contributed by atoms with van der Waals surface area (Å²) in [5.41, 5.74) is 0. The first-order valence-electron chi connectivity index (χ1n) is 4.08. The molecule has 0 bridgehead atoms. The van der Waals surface area contributed by atoms with Crippen LogP contribution < -0.4 is 0 Å². The van der Waals surface area contributed by atoms with Crippen molar-refractivity contribution in [3.8, 4) is 0 Å². The lowest BCUT2D eigenvalue weighted by atomic mass is 10.1. The summed E-state index contributed by atoms with van der Waals surface area (Å²) in [5.74, 6) is 0.381. The zero-order chi connectivity index (χ0) is 9.14. The lowest BCUT2D eigenvalue weighted by molar-refractivity contribution is -0.178. The Labute approximate surface area is 72.4 Å². The van der Waals surface area contributed by atoms with Gasteiger partial charge in [-0.3, -0.25) is 9.63 Å². The predicted octanol–water partition coefficient (Wildman–Crippen LogP) is 0.431. The molecule has 1 amide bonds. The number of carbonyl (C=O) groups excluding carboxylic acids is 1. The molecule has 12 heavy (non-hydrogen) atoms. The van der Waals surface area contributed by atoms with Crippen molar-refractivity contribution < 1.29 is 14.4 Å². The van der Waals surface area contributed by atoms with Gasteiger partial charge in [-0.05, 0) is 12.3 Å². The summed E-state index contributed by atoms with van der Waals surface area (Å²) in [4.78, 5) is 16.2. The van der Waals surface area contributed by atoms with Crippen LogP contribution in [0.2, 0.25) is 0 Å². The molecule has 0 aromatic carbocycles. The third-order valence-electron chi connectivity index (χ3n) is 2.06. The molecule has 0 aromatic rings. The van der Waals surface area contributed by atoms with E-state index < -0.39 is 0 Å². The number of amides is 1. The second-order valence-corrected chi connectivity index (χ2v) is 3.18. The number of ether oxygens (including phenoxy) is 1. The van der Waals surface area contributed by atoms with E-state index in [1.165, 1.54) is 12.2 Å². The molecule has 0 radical (unpaired) electrons. The molecule has 0 spiro atoms. The Bertz CT molecular complexity index is 172. The van der Waals surface area contributed by atoms with Gasteiger partial charge >= 0.3 is 0 Å². The van der Waals surface area contributed by atoms with Crippen LogP contribution in [0.4, 0.5) is 0 Å². The first kappa shape index (κ1) is 9.48. The van der Waals surface area contributed by atoms with E-state index in [0.717, 1.165) is 6.42 Å². The summed E-state index contributed by atoms with van der Waals surface area (Å²) in [5, 5.41) is 1.21. The van der Waals surface area contributed by atoms with Crippen molar-refractivity contribution in [2.45, 2.75) is 19.4 Å². The summed E-state index contributed by atoms with van der Waals surface area (Å²) < 4.78 is 5.28. The van der Waals surface area contributed by atoms with Gasteiger partial charge in [0.25, 0.3) is 5.91 Å².